The van der Waals surface area contributed by atoms with Crippen LogP contribution in [-0.4, -0.2) is 35.2 Å². The van der Waals surface area contributed by atoms with Crippen molar-refractivity contribution in [2.45, 2.75) is 69.6 Å². The van der Waals surface area contributed by atoms with Gasteiger partial charge < -0.3 is 5.11 Å². The van der Waals surface area contributed by atoms with Crippen LogP contribution in [0.25, 0.3) is 0 Å². The van der Waals surface area contributed by atoms with Crippen LogP contribution >= 0.6 is 22.6 Å². The van der Waals surface area contributed by atoms with Crippen LogP contribution < -0.4 is 0 Å². The Morgan fingerprint density at radius 3 is 1.75 bits per heavy atom. The number of alkyl halides is 9. The summed E-state index contributed by atoms with van der Waals surface area (Å²) in [6.45, 7) is 2.88. The summed E-state index contributed by atoms with van der Waals surface area (Å²) in [7, 11) is 0. The fraction of sp³-hybridized carbons (Fsp3) is 0.846. The number of aliphatic hydroxyl groups is 1. The molecule has 0 aromatic heterocycles. The Morgan fingerprint density at radius 1 is 0.958 bits per heavy atom. The molecule has 0 bridgehead atoms. The monoisotopic (exact) mass is 486 g/mol. The second kappa shape index (κ2) is 8.00. The van der Waals surface area contributed by atoms with E-state index >= 15 is 0 Å². The molecule has 0 aromatic rings. The van der Waals surface area contributed by atoms with Crippen LogP contribution in [-0.2, 0) is 0 Å². The normalized spacial score (nSPS) is 16.9. The zero-order valence-corrected chi connectivity index (χ0v) is 14.8. The summed E-state index contributed by atoms with van der Waals surface area (Å²) in [5.74, 6) is -19.2. The summed E-state index contributed by atoms with van der Waals surface area (Å²) in [5.41, 5.74) is -0.0942. The number of unbranched alkanes of at least 4 members (excludes halogenated alkanes) is 1. The molecular formula is C13H16F9IO. The van der Waals surface area contributed by atoms with E-state index < -0.39 is 40.0 Å². The van der Waals surface area contributed by atoms with E-state index in [-0.39, 0.29) is 12.0 Å². The molecule has 24 heavy (non-hydrogen) atoms. The average Bonchev–Trinajstić information content (AvgIpc) is 2.36. The molecule has 0 radical (unpaired) electrons. The van der Waals surface area contributed by atoms with Crippen LogP contribution in [0.5, 0.6) is 0 Å². The first kappa shape index (κ1) is 23.8. The van der Waals surface area contributed by atoms with Gasteiger partial charge in [-0.15, -0.1) is 0 Å². The van der Waals surface area contributed by atoms with Crippen LogP contribution in [0.3, 0.4) is 0 Å². The fourth-order valence-electron chi connectivity index (χ4n) is 1.77. The van der Waals surface area contributed by atoms with E-state index in [4.69, 9.17) is 0 Å². The maximum Gasteiger partial charge on any atom is 0.460 e. The highest BCUT2D eigenvalue weighted by atomic mass is 127. The number of hydrogen-bond acceptors (Lipinski definition) is 1. The van der Waals surface area contributed by atoms with Crippen LogP contribution in [0.4, 0.5) is 39.5 Å². The van der Waals surface area contributed by atoms with Gasteiger partial charge in [0.1, 0.15) is 0 Å². The van der Waals surface area contributed by atoms with Gasteiger partial charge in [0.2, 0.25) is 0 Å². The lowest BCUT2D eigenvalue weighted by Gasteiger charge is -2.34. The lowest BCUT2D eigenvalue weighted by atomic mass is 9.97. The summed E-state index contributed by atoms with van der Waals surface area (Å²) in [6, 6.07) is 0. The van der Waals surface area contributed by atoms with E-state index in [1.807, 2.05) is 0 Å². The van der Waals surface area contributed by atoms with Crippen molar-refractivity contribution in [2.75, 3.05) is 0 Å². The third-order valence-electron chi connectivity index (χ3n) is 3.24. The second-order valence-corrected chi connectivity index (χ2v) is 6.54. The van der Waals surface area contributed by atoms with Gasteiger partial charge in [0.25, 0.3) is 0 Å². The molecule has 0 saturated carbocycles. The summed E-state index contributed by atoms with van der Waals surface area (Å²) < 4.78 is 115. The van der Waals surface area contributed by atoms with E-state index in [1.165, 1.54) is 0 Å². The van der Waals surface area contributed by atoms with Crippen LogP contribution in [0.1, 0.15) is 39.5 Å². The lowest BCUT2D eigenvalue weighted by Crippen LogP contribution is -2.60. The van der Waals surface area contributed by atoms with Crippen LogP contribution in [0.2, 0.25) is 0 Å². The second-order valence-electron chi connectivity index (χ2n) is 5.24. The van der Waals surface area contributed by atoms with Crippen molar-refractivity contribution in [1.29, 1.82) is 0 Å². The molecule has 0 fully saturated rings. The molecular weight excluding hydrogens is 470 g/mol. The van der Waals surface area contributed by atoms with Crippen molar-refractivity contribution in [1.82, 2.24) is 0 Å². The number of rotatable bonds is 8. The first-order valence-electron chi connectivity index (χ1n) is 6.78. The number of allylic oxidation sites excluding steroid dienone is 1. The van der Waals surface area contributed by atoms with Crippen molar-refractivity contribution >= 4 is 22.6 Å². The van der Waals surface area contributed by atoms with Gasteiger partial charge >= 0.3 is 23.9 Å². The number of hydrogen-bond donors (Lipinski definition) is 1. The van der Waals surface area contributed by atoms with E-state index in [1.54, 1.807) is 6.92 Å². The number of halogens is 10. The molecule has 144 valence electrons. The molecule has 0 aliphatic carbocycles. The van der Waals surface area contributed by atoms with Crippen LogP contribution in [0.15, 0.2) is 9.15 Å². The minimum absolute atomic E-state index is 0.0315. The molecule has 1 nitrogen and oxygen atoms in total. The largest absolute Gasteiger partial charge is 0.460 e. The van der Waals surface area contributed by atoms with Gasteiger partial charge in [0, 0.05) is 6.42 Å². The van der Waals surface area contributed by atoms with Crippen molar-refractivity contribution in [3.05, 3.63) is 9.15 Å². The molecule has 0 rings (SSSR count). The zero-order valence-electron chi connectivity index (χ0n) is 12.6. The highest BCUT2D eigenvalue weighted by Gasteiger charge is 2.81. The minimum atomic E-state index is -6.89. The molecule has 0 aliphatic heterocycles. The quantitative estimate of drug-likeness (QED) is 0.325. The predicted molar refractivity (Wildman–Crippen MR) is 77.8 cm³/mol. The Balaban J connectivity index is 5.74. The van der Waals surface area contributed by atoms with Gasteiger partial charge in [-0.1, -0.05) is 13.3 Å². The Kier molecular flexibility index (Phi) is 7.93. The van der Waals surface area contributed by atoms with Crippen LogP contribution in [0, 0.1) is 0 Å². The zero-order chi connectivity index (χ0) is 19.6. The summed E-state index contributed by atoms with van der Waals surface area (Å²) in [6.07, 6.45) is -9.19. The fourth-order valence-corrected chi connectivity index (χ4v) is 2.96. The molecule has 11 heteroatoms. The van der Waals surface area contributed by atoms with Gasteiger partial charge in [-0.25, -0.2) is 0 Å². The topological polar surface area (TPSA) is 20.2 Å². The molecule has 0 saturated heterocycles. The Morgan fingerprint density at radius 2 is 1.42 bits per heavy atom. The van der Waals surface area contributed by atoms with Gasteiger partial charge in [-0.05, 0) is 51.5 Å². The van der Waals surface area contributed by atoms with Gasteiger partial charge in [0.05, 0.1) is 6.10 Å². The molecule has 0 amide bonds. The smallest absolute Gasteiger partial charge is 0.389 e. The van der Waals surface area contributed by atoms with E-state index in [9.17, 15) is 44.6 Å². The highest BCUT2D eigenvalue weighted by Crippen LogP contribution is 2.55. The van der Waals surface area contributed by atoms with Gasteiger partial charge in [-0.2, -0.15) is 39.5 Å². The van der Waals surface area contributed by atoms with Crippen molar-refractivity contribution < 1.29 is 44.6 Å². The minimum Gasteiger partial charge on any atom is -0.389 e. The number of aliphatic hydroxyl groups excluding tert-OH is 1. The van der Waals surface area contributed by atoms with E-state index in [0.717, 1.165) is 29.5 Å². The lowest BCUT2D eigenvalue weighted by molar-refractivity contribution is -0.395. The van der Waals surface area contributed by atoms with E-state index in [0.29, 0.717) is 12.8 Å². The summed E-state index contributed by atoms with van der Waals surface area (Å²) >= 11 is 1.15. The molecule has 0 heterocycles. The average molecular weight is 486 g/mol. The predicted octanol–water partition coefficient (Wildman–Crippen LogP) is 6.10. The maximum atomic E-state index is 13.6. The summed E-state index contributed by atoms with van der Waals surface area (Å²) in [4.78, 5) is 0. The first-order chi connectivity index (χ1) is 10.5. The van der Waals surface area contributed by atoms with Crippen molar-refractivity contribution in [3.63, 3.8) is 0 Å². The standard InChI is InChI=1S/C13H16F9IO/c1-3-4-5-8(7(2)24)9(23)6-10(14,15)11(16,17)12(18,19)13(20,21)22/h7,24H,3-6H2,1-2H3/b9-8+. The maximum absolute atomic E-state index is 13.6. The van der Waals surface area contributed by atoms with Gasteiger partial charge in [-0.3, -0.25) is 0 Å². The third kappa shape index (κ3) is 4.92. The molecule has 0 spiro atoms. The highest BCUT2D eigenvalue weighted by molar-refractivity contribution is 14.1. The van der Waals surface area contributed by atoms with Gasteiger partial charge in [0.15, 0.2) is 0 Å². The van der Waals surface area contributed by atoms with Crippen molar-refractivity contribution in [3.8, 4) is 0 Å². The Hall–Kier alpha value is -0.200. The molecule has 0 aromatic carbocycles. The molecule has 1 atom stereocenters. The molecule has 0 aliphatic rings. The van der Waals surface area contributed by atoms with Crippen molar-refractivity contribution in [2.24, 2.45) is 0 Å². The molecule has 1 unspecified atom stereocenters. The summed E-state index contributed by atoms with van der Waals surface area (Å²) in [5, 5.41) is 9.47. The Bertz CT molecular complexity index is 455. The third-order valence-corrected chi connectivity index (χ3v) is 4.31. The first-order valence-corrected chi connectivity index (χ1v) is 7.86. The van der Waals surface area contributed by atoms with E-state index in [2.05, 4.69) is 0 Å². The Labute approximate surface area is 146 Å². The molecule has 1 N–H and O–H groups in total. The SMILES string of the molecule is CCCC/C(=C(\I)CC(F)(F)C(F)(F)C(F)(F)C(F)(F)F)C(C)O.